The fourth-order valence-corrected chi connectivity index (χ4v) is 2.08. The minimum absolute atomic E-state index is 0.0343. The Hall–Kier alpha value is -2.49. The number of nitrogens with zero attached hydrogens (tertiary/aromatic N) is 1. The molecule has 1 heterocycles. The van der Waals surface area contributed by atoms with E-state index in [0.717, 1.165) is 0 Å². The average Bonchev–Trinajstić information content (AvgIpc) is 2.47. The number of aromatic nitrogens is 1. The number of pyridine rings is 1. The van der Waals surface area contributed by atoms with Crippen molar-refractivity contribution in [3.63, 3.8) is 0 Å². The summed E-state index contributed by atoms with van der Waals surface area (Å²) in [5.41, 5.74) is 2.92. The fraction of sp³-hybridized carbons (Fsp3) is 0. The quantitative estimate of drug-likeness (QED) is 0.472. The number of benzene rings is 1. The average molecular weight is 307 g/mol. The number of carbonyl (C=O) groups excluding carboxylic acids is 1. The Morgan fingerprint density at radius 3 is 2.33 bits per heavy atom. The van der Waals surface area contributed by atoms with Crippen molar-refractivity contribution < 1.29 is 13.2 Å². The fourth-order valence-electron chi connectivity index (χ4n) is 1.56. The summed E-state index contributed by atoms with van der Waals surface area (Å²) in [7, 11) is -3.76. The van der Waals surface area contributed by atoms with E-state index in [1.54, 1.807) is 12.1 Å². The molecule has 0 saturated heterocycles. The molecule has 8 nitrogen and oxygen atoms in total. The highest BCUT2D eigenvalue weighted by Crippen LogP contribution is 2.14. The molecule has 21 heavy (non-hydrogen) atoms. The van der Waals surface area contributed by atoms with Crippen LogP contribution in [0.25, 0.3) is 0 Å². The van der Waals surface area contributed by atoms with Crippen LogP contribution in [0, 0.1) is 0 Å². The van der Waals surface area contributed by atoms with Crippen LogP contribution in [0.15, 0.2) is 47.4 Å². The Kier molecular flexibility index (Phi) is 4.17. The highest BCUT2D eigenvalue weighted by atomic mass is 32.2. The number of nitrogens with two attached hydrogens (primary N) is 2. The third-order valence-corrected chi connectivity index (χ3v) is 3.50. The smallest absolute Gasteiger partial charge is 0.274 e. The molecule has 0 bridgehead atoms. The summed E-state index contributed by atoms with van der Waals surface area (Å²) in [5, 5.41) is 7.57. The Balaban J connectivity index is 2.16. The van der Waals surface area contributed by atoms with Crippen LogP contribution in [0.1, 0.15) is 10.5 Å². The predicted octanol–water partition coefficient (Wildman–Crippen LogP) is 0.267. The lowest BCUT2D eigenvalue weighted by atomic mass is 10.3. The van der Waals surface area contributed by atoms with E-state index in [1.807, 2.05) is 0 Å². The number of nitrogen functional groups attached to an aromatic ring is 1. The molecule has 0 aliphatic rings. The Morgan fingerprint density at radius 1 is 1.10 bits per heavy atom. The number of primary sulfonamides is 1. The Morgan fingerprint density at radius 2 is 1.76 bits per heavy atom. The highest BCUT2D eigenvalue weighted by Gasteiger charge is 2.10. The first-order chi connectivity index (χ1) is 9.90. The summed E-state index contributed by atoms with van der Waals surface area (Å²) in [5.74, 6) is 5.12. The number of hydrogen-bond donors (Lipinski definition) is 4. The highest BCUT2D eigenvalue weighted by molar-refractivity contribution is 7.89. The molecule has 0 aliphatic carbocycles. The lowest BCUT2D eigenvalue weighted by molar-refractivity contribution is 0.102. The SMILES string of the molecule is NNc1cccc(C(=O)Nc2ccc(S(N)(=O)=O)cc2)n1. The first-order valence-corrected chi connectivity index (χ1v) is 7.32. The normalized spacial score (nSPS) is 11.0. The minimum atomic E-state index is -3.76. The second-order valence-electron chi connectivity index (χ2n) is 4.08. The van der Waals surface area contributed by atoms with Crippen LogP contribution in [0.5, 0.6) is 0 Å². The van der Waals surface area contributed by atoms with E-state index in [1.165, 1.54) is 30.3 Å². The van der Waals surface area contributed by atoms with Crippen LogP contribution in [-0.2, 0) is 10.0 Å². The van der Waals surface area contributed by atoms with Crippen molar-refractivity contribution in [2.45, 2.75) is 4.90 Å². The van der Waals surface area contributed by atoms with Crippen molar-refractivity contribution in [1.29, 1.82) is 0 Å². The summed E-state index contributed by atoms with van der Waals surface area (Å²) in [4.78, 5) is 15.9. The van der Waals surface area contributed by atoms with Crippen LogP contribution in [0.4, 0.5) is 11.5 Å². The number of sulfonamides is 1. The van der Waals surface area contributed by atoms with E-state index in [2.05, 4.69) is 15.7 Å². The van der Waals surface area contributed by atoms with E-state index < -0.39 is 15.9 Å². The van der Waals surface area contributed by atoms with Gasteiger partial charge < -0.3 is 10.7 Å². The van der Waals surface area contributed by atoms with E-state index in [9.17, 15) is 13.2 Å². The molecular formula is C12H13N5O3S. The second-order valence-corrected chi connectivity index (χ2v) is 5.64. The van der Waals surface area contributed by atoms with Crippen molar-refractivity contribution in [3.8, 4) is 0 Å². The Bertz CT molecular complexity index is 759. The third kappa shape index (κ3) is 3.75. The molecule has 0 fully saturated rings. The van der Waals surface area contributed by atoms with Gasteiger partial charge in [0.15, 0.2) is 0 Å². The number of nitrogens with one attached hydrogen (secondary N) is 2. The van der Waals surface area contributed by atoms with E-state index in [0.29, 0.717) is 11.5 Å². The van der Waals surface area contributed by atoms with Gasteiger partial charge in [-0.15, -0.1) is 0 Å². The van der Waals surface area contributed by atoms with Gasteiger partial charge in [-0.1, -0.05) is 6.07 Å². The molecule has 110 valence electrons. The van der Waals surface area contributed by atoms with Gasteiger partial charge in [0.05, 0.1) is 4.90 Å². The number of anilines is 2. The molecule has 2 aromatic rings. The number of amides is 1. The molecule has 0 saturated carbocycles. The zero-order chi connectivity index (χ0) is 15.5. The van der Waals surface area contributed by atoms with Crippen LogP contribution < -0.4 is 21.7 Å². The van der Waals surface area contributed by atoms with Gasteiger partial charge in [0.2, 0.25) is 10.0 Å². The van der Waals surface area contributed by atoms with Gasteiger partial charge in [-0.2, -0.15) is 0 Å². The van der Waals surface area contributed by atoms with Gasteiger partial charge in [-0.3, -0.25) is 4.79 Å². The van der Waals surface area contributed by atoms with Crippen LogP contribution in [0.3, 0.4) is 0 Å². The summed E-state index contributed by atoms with van der Waals surface area (Å²) in [6.07, 6.45) is 0. The summed E-state index contributed by atoms with van der Waals surface area (Å²) < 4.78 is 22.2. The van der Waals surface area contributed by atoms with Gasteiger partial charge in [0, 0.05) is 5.69 Å². The Labute approximate surface area is 121 Å². The molecule has 0 radical (unpaired) electrons. The topological polar surface area (TPSA) is 140 Å². The standard InChI is InChI=1S/C12H13N5O3S/c13-17-11-3-1-2-10(16-11)12(18)15-8-4-6-9(7-5-8)21(14,19)20/h1-7H,13H2,(H,15,18)(H,16,17)(H2,14,19,20). The number of hydrazine groups is 1. The third-order valence-electron chi connectivity index (χ3n) is 2.57. The first kappa shape index (κ1) is 14.9. The molecule has 1 aromatic carbocycles. The largest absolute Gasteiger partial charge is 0.321 e. The van der Waals surface area contributed by atoms with Gasteiger partial charge in [0.1, 0.15) is 11.5 Å². The van der Waals surface area contributed by atoms with Gasteiger partial charge >= 0.3 is 0 Å². The van der Waals surface area contributed by atoms with Crippen molar-refractivity contribution in [1.82, 2.24) is 4.98 Å². The second kappa shape index (κ2) is 5.87. The minimum Gasteiger partial charge on any atom is -0.321 e. The van der Waals surface area contributed by atoms with Gasteiger partial charge in [0.25, 0.3) is 5.91 Å². The van der Waals surface area contributed by atoms with Crippen LogP contribution in [0.2, 0.25) is 0 Å². The maximum absolute atomic E-state index is 12.0. The molecule has 6 N–H and O–H groups in total. The van der Waals surface area contributed by atoms with Crippen LogP contribution >= 0.6 is 0 Å². The molecule has 1 amide bonds. The molecule has 9 heteroatoms. The summed E-state index contributed by atoms with van der Waals surface area (Å²) in [6, 6.07) is 10.2. The zero-order valence-corrected chi connectivity index (χ0v) is 11.6. The predicted molar refractivity (Wildman–Crippen MR) is 77.8 cm³/mol. The van der Waals surface area contributed by atoms with E-state index >= 15 is 0 Å². The molecule has 0 atom stereocenters. The van der Waals surface area contributed by atoms with Crippen molar-refractivity contribution >= 4 is 27.4 Å². The first-order valence-electron chi connectivity index (χ1n) is 5.78. The van der Waals surface area contributed by atoms with Gasteiger partial charge in [-0.05, 0) is 36.4 Å². The maximum atomic E-state index is 12.0. The lowest BCUT2D eigenvalue weighted by Crippen LogP contribution is -2.16. The van der Waals surface area contributed by atoms with Crippen molar-refractivity contribution in [2.24, 2.45) is 11.0 Å². The van der Waals surface area contributed by atoms with Crippen molar-refractivity contribution in [3.05, 3.63) is 48.2 Å². The molecule has 0 spiro atoms. The molecule has 0 unspecified atom stereocenters. The maximum Gasteiger partial charge on any atom is 0.274 e. The molecule has 2 rings (SSSR count). The van der Waals surface area contributed by atoms with Crippen molar-refractivity contribution in [2.75, 3.05) is 10.7 Å². The zero-order valence-electron chi connectivity index (χ0n) is 10.8. The lowest BCUT2D eigenvalue weighted by Gasteiger charge is -2.06. The molecular weight excluding hydrogens is 294 g/mol. The monoisotopic (exact) mass is 307 g/mol. The number of hydrogen-bond acceptors (Lipinski definition) is 6. The number of carbonyl (C=O) groups is 1. The van der Waals surface area contributed by atoms with E-state index in [-0.39, 0.29) is 10.6 Å². The summed E-state index contributed by atoms with van der Waals surface area (Å²) >= 11 is 0. The van der Waals surface area contributed by atoms with E-state index in [4.69, 9.17) is 11.0 Å². The molecule has 0 aliphatic heterocycles. The van der Waals surface area contributed by atoms with Gasteiger partial charge in [-0.25, -0.2) is 24.4 Å². The molecule has 1 aromatic heterocycles. The summed E-state index contributed by atoms with van der Waals surface area (Å²) in [6.45, 7) is 0. The number of rotatable bonds is 4. The van der Waals surface area contributed by atoms with Crippen LogP contribution in [-0.4, -0.2) is 19.3 Å².